The number of aryl methyl sites for hydroxylation is 2. The molecule has 0 radical (unpaired) electrons. The van der Waals surface area contributed by atoms with Gasteiger partial charge in [0.15, 0.2) is 0 Å². The summed E-state index contributed by atoms with van der Waals surface area (Å²) in [4.78, 5) is 29.8. The fraction of sp³-hybridized carbons (Fsp3) is 0.312. The Hall–Kier alpha value is -2.63. The quantitative estimate of drug-likeness (QED) is 0.857. The van der Waals surface area contributed by atoms with E-state index in [9.17, 15) is 9.59 Å². The van der Waals surface area contributed by atoms with Crippen LogP contribution in [0.25, 0.3) is 0 Å². The number of imide groups is 1. The number of imidazole rings is 1. The summed E-state index contributed by atoms with van der Waals surface area (Å²) in [6.07, 6.45) is 4.50. The van der Waals surface area contributed by atoms with Crippen LogP contribution in [0.15, 0.2) is 42.9 Å². The van der Waals surface area contributed by atoms with Crippen molar-refractivity contribution in [3.8, 4) is 0 Å². The van der Waals surface area contributed by atoms with Gasteiger partial charge in [-0.3, -0.25) is 10.1 Å². The van der Waals surface area contributed by atoms with E-state index in [1.165, 1.54) is 0 Å². The van der Waals surface area contributed by atoms with E-state index in [0.717, 1.165) is 24.2 Å². The smallest absolute Gasteiger partial charge is 0.325 e. The highest BCUT2D eigenvalue weighted by atomic mass is 16.2. The van der Waals surface area contributed by atoms with Gasteiger partial charge in [-0.25, -0.2) is 9.78 Å². The Morgan fingerprint density at radius 1 is 1.18 bits per heavy atom. The van der Waals surface area contributed by atoms with Crippen molar-refractivity contribution in [1.29, 1.82) is 0 Å². The Balaban J connectivity index is 1.67. The molecule has 0 aliphatic carbocycles. The zero-order valence-corrected chi connectivity index (χ0v) is 12.4. The predicted octanol–water partition coefficient (Wildman–Crippen LogP) is 1.87. The van der Waals surface area contributed by atoms with E-state index in [0.29, 0.717) is 6.54 Å². The Labute approximate surface area is 128 Å². The van der Waals surface area contributed by atoms with Gasteiger partial charge in [-0.05, 0) is 18.9 Å². The molecule has 1 fully saturated rings. The van der Waals surface area contributed by atoms with E-state index in [2.05, 4.69) is 10.3 Å². The number of carbonyl (C=O) groups is 2. The van der Waals surface area contributed by atoms with Crippen LogP contribution < -0.4 is 5.32 Å². The fourth-order valence-electron chi connectivity index (χ4n) is 2.72. The zero-order chi connectivity index (χ0) is 15.5. The molecule has 2 aromatic rings. The molecule has 1 N–H and O–H groups in total. The summed E-state index contributed by atoms with van der Waals surface area (Å²) in [7, 11) is 0. The van der Waals surface area contributed by atoms with Gasteiger partial charge in [-0.2, -0.15) is 0 Å². The maximum Gasteiger partial charge on any atom is 0.325 e. The van der Waals surface area contributed by atoms with Crippen LogP contribution in [-0.2, 0) is 11.3 Å². The molecule has 0 bridgehead atoms. The van der Waals surface area contributed by atoms with Crippen molar-refractivity contribution in [2.75, 3.05) is 6.54 Å². The van der Waals surface area contributed by atoms with Crippen LogP contribution in [-0.4, -0.2) is 32.9 Å². The first-order valence-corrected chi connectivity index (χ1v) is 7.30. The van der Waals surface area contributed by atoms with Gasteiger partial charge in [0.1, 0.15) is 6.04 Å². The molecule has 1 aromatic heterocycles. The minimum atomic E-state index is -0.529. The minimum Gasteiger partial charge on any atom is -0.337 e. The van der Waals surface area contributed by atoms with Crippen molar-refractivity contribution >= 4 is 11.9 Å². The van der Waals surface area contributed by atoms with Crippen molar-refractivity contribution < 1.29 is 9.59 Å². The number of rotatable bonds is 5. The topological polar surface area (TPSA) is 67.2 Å². The van der Waals surface area contributed by atoms with Crippen LogP contribution in [0.3, 0.4) is 0 Å². The highest BCUT2D eigenvalue weighted by Crippen LogP contribution is 2.25. The molecule has 1 aliphatic heterocycles. The Kier molecular flexibility index (Phi) is 3.91. The molecule has 1 aliphatic rings. The molecule has 114 valence electrons. The molecule has 3 rings (SSSR count). The average molecular weight is 298 g/mol. The van der Waals surface area contributed by atoms with Crippen LogP contribution in [0.2, 0.25) is 0 Å². The van der Waals surface area contributed by atoms with E-state index in [-0.39, 0.29) is 11.9 Å². The molecule has 1 unspecified atom stereocenters. The Bertz CT molecular complexity index is 680. The summed E-state index contributed by atoms with van der Waals surface area (Å²) in [5.74, 6) is -0.255. The van der Waals surface area contributed by atoms with Gasteiger partial charge in [-0.1, -0.05) is 30.3 Å². The number of urea groups is 1. The zero-order valence-electron chi connectivity index (χ0n) is 12.4. The van der Waals surface area contributed by atoms with E-state index < -0.39 is 6.04 Å². The van der Waals surface area contributed by atoms with E-state index in [4.69, 9.17) is 0 Å². The van der Waals surface area contributed by atoms with Crippen molar-refractivity contribution in [2.45, 2.75) is 25.9 Å². The standard InChI is InChI=1S/C16H18N4O2/c1-12-10-19(11-17-12)8-5-9-20-14(15(21)18-16(20)22)13-6-3-2-4-7-13/h2-4,6-7,10-11,14H,5,8-9H2,1H3,(H,18,21,22). The van der Waals surface area contributed by atoms with Crippen molar-refractivity contribution in [2.24, 2.45) is 0 Å². The summed E-state index contributed by atoms with van der Waals surface area (Å²) in [5.41, 5.74) is 1.81. The highest BCUT2D eigenvalue weighted by molar-refractivity contribution is 6.04. The number of hydrogen-bond acceptors (Lipinski definition) is 3. The summed E-state index contributed by atoms with van der Waals surface area (Å²) in [6.45, 7) is 3.23. The lowest BCUT2D eigenvalue weighted by atomic mass is 10.1. The van der Waals surface area contributed by atoms with Gasteiger partial charge in [0.2, 0.25) is 0 Å². The third kappa shape index (κ3) is 2.86. The van der Waals surface area contributed by atoms with Crippen molar-refractivity contribution in [3.63, 3.8) is 0 Å². The number of hydrogen-bond donors (Lipinski definition) is 1. The third-order valence-electron chi connectivity index (χ3n) is 3.74. The van der Waals surface area contributed by atoms with E-state index in [1.807, 2.05) is 48.0 Å². The number of aromatic nitrogens is 2. The summed E-state index contributed by atoms with van der Waals surface area (Å²) >= 11 is 0. The number of nitrogens with zero attached hydrogens (tertiary/aromatic N) is 3. The van der Waals surface area contributed by atoms with Crippen molar-refractivity contribution in [1.82, 2.24) is 19.8 Å². The molecule has 1 aromatic carbocycles. The fourth-order valence-corrected chi connectivity index (χ4v) is 2.72. The second-order valence-corrected chi connectivity index (χ2v) is 5.41. The normalized spacial score (nSPS) is 17.9. The van der Waals surface area contributed by atoms with E-state index in [1.54, 1.807) is 11.2 Å². The van der Waals surface area contributed by atoms with Crippen LogP contribution >= 0.6 is 0 Å². The monoisotopic (exact) mass is 298 g/mol. The van der Waals surface area contributed by atoms with Crippen LogP contribution in [0.1, 0.15) is 23.7 Å². The maximum absolute atomic E-state index is 12.0. The summed E-state index contributed by atoms with van der Waals surface area (Å²) in [6, 6.07) is 8.53. The molecule has 22 heavy (non-hydrogen) atoms. The van der Waals surface area contributed by atoms with Gasteiger partial charge in [0.05, 0.1) is 12.0 Å². The summed E-state index contributed by atoms with van der Waals surface area (Å²) in [5, 5.41) is 2.40. The molecule has 2 heterocycles. The van der Waals surface area contributed by atoms with E-state index >= 15 is 0 Å². The lowest BCUT2D eigenvalue weighted by Gasteiger charge is -2.22. The van der Waals surface area contributed by atoms with Gasteiger partial charge in [0.25, 0.3) is 5.91 Å². The van der Waals surface area contributed by atoms with Gasteiger partial charge >= 0.3 is 6.03 Å². The van der Waals surface area contributed by atoms with Crippen LogP contribution in [0.4, 0.5) is 4.79 Å². The van der Waals surface area contributed by atoms with Gasteiger partial charge < -0.3 is 9.47 Å². The molecule has 0 saturated carbocycles. The first-order chi connectivity index (χ1) is 10.6. The lowest BCUT2D eigenvalue weighted by Crippen LogP contribution is -2.31. The lowest BCUT2D eigenvalue weighted by molar-refractivity contribution is -0.121. The number of nitrogens with one attached hydrogen (secondary N) is 1. The Morgan fingerprint density at radius 3 is 2.64 bits per heavy atom. The predicted molar refractivity (Wildman–Crippen MR) is 81.0 cm³/mol. The first kappa shape index (κ1) is 14.3. The van der Waals surface area contributed by atoms with Gasteiger partial charge in [0, 0.05) is 19.3 Å². The second kappa shape index (κ2) is 6.01. The van der Waals surface area contributed by atoms with Gasteiger partial charge in [-0.15, -0.1) is 0 Å². The molecule has 1 saturated heterocycles. The van der Waals surface area contributed by atoms with Crippen molar-refractivity contribution in [3.05, 3.63) is 54.1 Å². The SMILES string of the molecule is Cc1cn(CCCN2C(=O)NC(=O)C2c2ccccc2)cn1. The first-order valence-electron chi connectivity index (χ1n) is 7.30. The molecule has 3 amide bonds. The molecule has 6 nitrogen and oxygen atoms in total. The largest absolute Gasteiger partial charge is 0.337 e. The maximum atomic E-state index is 12.0. The minimum absolute atomic E-state index is 0.255. The third-order valence-corrected chi connectivity index (χ3v) is 3.74. The highest BCUT2D eigenvalue weighted by Gasteiger charge is 2.38. The number of benzene rings is 1. The number of carbonyl (C=O) groups excluding carboxylic acids is 2. The number of amides is 3. The average Bonchev–Trinajstić information content (AvgIpc) is 3.04. The molecular formula is C16H18N4O2. The Morgan fingerprint density at radius 2 is 1.95 bits per heavy atom. The summed E-state index contributed by atoms with van der Waals surface area (Å²) < 4.78 is 1.99. The van der Waals surface area contributed by atoms with Crippen LogP contribution in [0, 0.1) is 6.92 Å². The molecular weight excluding hydrogens is 280 g/mol. The molecule has 6 heteroatoms. The second-order valence-electron chi connectivity index (χ2n) is 5.41. The molecule has 1 atom stereocenters. The molecule has 0 spiro atoms. The van der Waals surface area contributed by atoms with Crippen LogP contribution in [0.5, 0.6) is 0 Å².